The van der Waals surface area contributed by atoms with E-state index >= 15 is 0 Å². The number of likely N-dealkylation sites (N-methyl/N-ethyl adjacent to an activating group) is 1. The first-order valence-corrected chi connectivity index (χ1v) is 5.66. The summed E-state index contributed by atoms with van der Waals surface area (Å²) in [5, 5.41) is 0. The molecule has 0 aromatic heterocycles. The molecule has 0 aliphatic carbocycles. The molecule has 0 bridgehead atoms. The van der Waals surface area contributed by atoms with Gasteiger partial charge in [-0.1, -0.05) is 0 Å². The van der Waals surface area contributed by atoms with Gasteiger partial charge in [-0.3, -0.25) is 4.90 Å². The molecule has 96 valence electrons. The monoisotopic (exact) mass is 238 g/mol. The third kappa shape index (κ3) is 3.61. The molecule has 1 aromatic rings. The van der Waals surface area contributed by atoms with Gasteiger partial charge < -0.3 is 15.2 Å². The first-order chi connectivity index (χ1) is 8.01. The summed E-state index contributed by atoms with van der Waals surface area (Å²) in [4.78, 5) is 2.08. The van der Waals surface area contributed by atoms with Crippen molar-refractivity contribution in [2.75, 3.05) is 34.4 Å². The number of hydrogen-bond acceptors (Lipinski definition) is 4. The minimum Gasteiger partial charge on any atom is -0.497 e. The molecule has 1 rings (SSSR count). The minimum atomic E-state index is -0.153. The summed E-state index contributed by atoms with van der Waals surface area (Å²) < 4.78 is 10.8. The molecule has 0 aliphatic heterocycles. The van der Waals surface area contributed by atoms with Crippen LogP contribution in [0.15, 0.2) is 24.3 Å². The zero-order chi connectivity index (χ0) is 12.9. The Morgan fingerprint density at radius 2 is 1.71 bits per heavy atom. The lowest BCUT2D eigenvalue weighted by atomic mass is 10.0. The first kappa shape index (κ1) is 13.8. The van der Waals surface area contributed by atoms with Crippen molar-refractivity contribution >= 4 is 0 Å². The van der Waals surface area contributed by atoms with Crippen LogP contribution in [-0.4, -0.2) is 44.8 Å². The maximum Gasteiger partial charge on any atom is 0.119 e. The zero-order valence-electron chi connectivity index (χ0n) is 11.1. The van der Waals surface area contributed by atoms with Crippen molar-refractivity contribution in [1.29, 1.82) is 0 Å². The highest BCUT2D eigenvalue weighted by atomic mass is 16.5. The molecule has 4 nitrogen and oxygen atoms in total. The van der Waals surface area contributed by atoms with Crippen molar-refractivity contribution in [1.82, 2.24) is 4.90 Å². The van der Waals surface area contributed by atoms with Gasteiger partial charge >= 0.3 is 0 Å². The molecule has 1 unspecified atom stereocenters. The predicted molar refractivity (Wildman–Crippen MR) is 69.6 cm³/mol. The Kier molecular flexibility index (Phi) is 4.78. The van der Waals surface area contributed by atoms with Crippen LogP contribution in [0.3, 0.4) is 0 Å². The summed E-state index contributed by atoms with van der Waals surface area (Å²) in [6.45, 7) is 3.19. The summed E-state index contributed by atoms with van der Waals surface area (Å²) in [6, 6.07) is 7.55. The standard InChI is InChI=1S/C13H22N2O2/c1-13(9-14,15(2)3)10-17-12-7-5-11(16-4)6-8-12/h5-8H,9-10,14H2,1-4H3. The maximum absolute atomic E-state index is 5.78. The van der Waals surface area contributed by atoms with Crippen LogP contribution < -0.4 is 15.2 Å². The molecule has 0 heterocycles. The topological polar surface area (TPSA) is 47.7 Å². The fraction of sp³-hybridized carbons (Fsp3) is 0.538. The van der Waals surface area contributed by atoms with E-state index < -0.39 is 0 Å². The van der Waals surface area contributed by atoms with Gasteiger partial charge in [-0.2, -0.15) is 0 Å². The summed E-state index contributed by atoms with van der Waals surface area (Å²) in [6.07, 6.45) is 0. The van der Waals surface area contributed by atoms with Crippen molar-refractivity contribution in [3.8, 4) is 11.5 Å². The van der Waals surface area contributed by atoms with Crippen LogP contribution in [0, 0.1) is 0 Å². The molecule has 1 atom stereocenters. The largest absolute Gasteiger partial charge is 0.497 e. The van der Waals surface area contributed by atoms with Crippen molar-refractivity contribution in [3.05, 3.63) is 24.3 Å². The lowest BCUT2D eigenvalue weighted by molar-refractivity contribution is 0.104. The number of nitrogens with zero attached hydrogens (tertiary/aromatic N) is 1. The number of benzene rings is 1. The molecular formula is C13H22N2O2. The van der Waals surface area contributed by atoms with Crippen LogP contribution >= 0.6 is 0 Å². The van der Waals surface area contributed by atoms with E-state index in [4.69, 9.17) is 15.2 Å². The highest BCUT2D eigenvalue weighted by Crippen LogP contribution is 2.19. The minimum absolute atomic E-state index is 0.153. The SMILES string of the molecule is COc1ccc(OCC(C)(CN)N(C)C)cc1. The predicted octanol–water partition coefficient (Wildman–Crippen LogP) is 1.35. The van der Waals surface area contributed by atoms with Gasteiger partial charge in [0.15, 0.2) is 0 Å². The van der Waals surface area contributed by atoms with Crippen molar-refractivity contribution in [2.45, 2.75) is 12.5 Å². The summed E-state index contributed by atoms with van der Waals surface area (Å²) in [5.41, 5.74) is 5.62. The Morgan fingerprint density at radius 1 is 1.18 bits per heavy atom. The van der Waals surface area contributed by atoms with Gasteiger partial charge in [0.05, 0.1) is 12.6 Å². The Balaban J connectivity index is 2.59. The molecule has 2 N–H and O–H groups in total. The highest BCUT2D eigenvalue weighted by molar-refractivity contribution is 5.31. The van der Waals surface area contributed by atoms with Crippen molar-refractivity contribution in [2.24, 2.45) is 5.73 Å². The van der Waals surface area contributed by atoms with Gasteiger partial charge in [0.1, 0.15) is 18.1 Å². The van der Waals surface area contributed by atoms with Gasteiger partial charge in [-0.05, 0) is 45.3 Å². The molecule has 0 saturated carbocycles. The quantitative estimate of drug-likeness (QED) is 0.813. The van der Waals surface area contributed by atoms with E-state index in [0.29, 0.717) is 13.2 Å². The second-order valence-electron chi connectivity index (χ2n) is 4.56. The number of ether oxygens (including phenoxy) is 2. The van der Waals surface area contributed by atoms with E-state index in [1.54, 1.807) is 7.11 Å². The van der Waals surface area contributed by atoms with Crippen molar-refractivity contribution < 1.29 is 9.47 Å². The summed E-state index contributed by atoms with van der Waals surface area (Å²) in [7, 11) is 5.65. The smallest absolute Gasteiger partial charge is 0.119 e. The van der Waals surface area contributed by atoms with Crippen molar-refractivity contribution in [3.63, 3.8) is 0 Å². The van der Waals surface area contributed by atoms with Gasteiger partial charge in [-0.25, -0.2) is 0 Å². The normalized spacial score (nSPS) is 14.5. The summed E-state index contributed by atoms with van der Waals surface area (Å²) >= 11 is 0. The van der Waals surface area contributed by atoms with Crippen LogP contribution in [0.4, 0.5) is 0 Å². The fourth-order valence-electron chi connectivity index (χ4n) is 1.28. The van der Waals surface area contributed by atoms with Gasteiger partial charge in [0, 0.05) is 6.54 Å². The fourth-order valence-corrected chi connectivity index (χ4v) is 1.28. The molecule has 0 spiro atoms. The zero-order valence-corrected chi connectivity index (χ0v) is 11.1. The van der Waals surface area contributed by atoms with E-state index in [9.17, 15) is 0 Å². The number of rotatable bonds is 6. The maximum atomic E-state index is 5.78. The van der Waals surface area contributed by atoms with Crippen LogP contribution in [0.2, 0.25) is 0 Å². The molecule has 0 saturated heterocycles. The molecular weight excluding hydrogens is 216 g/mol. The van der Waals surface area contributed by atoms with E-state index in [2.05, 4.69) is 11.8 Å². The Labute approximate surface area is 103 Å². The van der Waals surface area contributed by atoms with E-state index in [0.717, 1.165) is 11.5 Å². The van der Waals surface area contributed by atoms with Crippen LogP contribution in [-0.2, 0) is 0 Å². The number of methoxy groups -OCH3 is 1. The lowest BCUT2D eigenvalue weighted by Gasteiger charge is -2.34. The van der Waals surface area contributed by atoms with E-state index in [1.807, 2.05) is 38.4 Å². The second-order valence-corrected chi connectivity index (χ2v) is 4.56. The molecule has 0 amide bonds. The average Bonchev–Trinajstić information content (AvgIpc) is 2.36. The van der Waals surface area contributed by atoms with Crippen LogP contribution in [0.1, 0.15) is 6.92 Å². The van der Waals surface area contributed by atoms with Gasteiger partial charge in [-0.15, -0.1) is 0 Å². The molecule has 17 heavy (non-hydrogen) atoms. The van der Waals surface area contributed by atoms with E-state index in [-0.39, 0.29) is 5.54 Å². The van der Waals surface area contributed by atoms with E-state index in [1.165, 1.54) is 0 Å². The lowest BCUT2D eigenvalue weighted by Crippen LogP contribution is -2.52. The molecule has 0 radical (unpaired) electrons. The summed E-state index contributed by atoms with van der Waals surface area (Å²) in [5.74, 6) is 1.65. The average molecular weight is 238 g/mol. The van der Waals surface area contributed by atoms with Crippen LogP contribution in [0.5, 0.6) is 11.5 Å². The Hall–Kier alpha value is -1.26. The molecule has 1 aromatic carbocycles. The Morgan fingerprint density at radius 3 is 2.12 bits per heavy atom. The van der Waals surface area contributed by atoms with Crippen LogP contribution in [0.25, 0.3) is 0 Å². The molecule has 0 aliphatic rings. The molecule has 4 heteroatoms. The third-order valence-corrected chi connectivity index (χ3v) is 3.13. The number of hydrogen-bond donors (Lipinski definition) is 1. The molecule has 0 fully saturated rings. The third-order valence-electron chi connectivity index (χ3n) is 3.13. The first-order valence-electron chi connectivity index (χ1n) is 5.66. The second kappa shape index (κ2) is 5.89. The number of nitrogens with two attached hydrogens (primary N) is 1. The van der Waals surface area contributed by atoms with Gasteiger partial charge in [0.25, 0.3) is 0 Å². The highest BCUT2D eigenvalue weighted by Gasteiger charge is 2.26. The van der Waals surface area contributed by atoms with Gasteiger partial charge in [0.2, 0.25) is 0 Å². The Bertz CT molecular complexity index is 338.